The molecule has 1 aliphatic carbocycles. The molecule has 2 rings (SSSR count). The van der Waals surface area contributed by atoms with Gasteiger partial charge in [-0.25, -0.2) is 0 Å². The van der Waals surface area contributed by atoms with Crippen molar-refractivity contribution >= 4 is 17.6 Å². The molecule has 0 aliphatic heterocycles. The summed E-state index contributed by atoms with van der Waals surface area (Å²) in [6.45, 7) is 3.95. The molecular weight excluding hydrogens is 262 g/mol. The average molecular weight is 282 g/mol. The van der Waals surface area contributed by atoms with Gasteiger partial charge in [0.05, 0.1) is 0 Å². The first-order valence-electron chi connectivity index (χ1n) is 6.52. The molecule has 1 aromatic carbocycles. The molecule has 0 aromatic heterocycles. The molecule has 19 heavy (non-hydrogen) atoms. The van der Waals surface area contributed by atoms with E-state index in [1.165, 1.54) is 0 Å². The lowest BCUT2D eigenvalue weighted by Gasteiger charge is -2.25. The smallest absolute Gasteiger partial charge is 0.327 e. The molecule has 0 amide bonds. The van der Waals surface area contributed by atoms with Crippen LogP contribution in [0, 0.1) is 5.92 Å². The minimum Gasteiger partial charge on any atom is -0.456 e. The van der Waals surface area contributed by atoms with Gasteiger partial charge in [0.1, 0.15) is 11.6 Å². The number of carbonyl (C=O) groups excluding carboxylic acids is 1. The summed E-state index contributed by atoms with van der Waals surface area (Å²) < 4.78 is 5.61. The number of halogens is 1. The van der Waals surface area contributed by atoms with E-state index in [0.29, 0.717) is 10.9 Å². The Bertz CT molecular complexity index is 489. The van der Waals surface area contributed by atoms with Crippen LogP contribution in [-0.4, -0.2) is 30.5 Å². The lowest BCUT2D eigenvalue weighted by molar-refractivity contribution is -0.156. The second-order valence-electron chi connectivity index (χ2n) is 5.53. The summed E-state index contributed by atoms with van der Waals surface area (Å²) in [5.41, 5.74) is 0.482. The number of nitrogens with zero attached hydrogens (tertiary/aromatic N) is 1. The van der Waals surface area contributed by atoms with Crippen LogP contribution in [0.5, 0.6) is 0 Å². The van der Waals surface area contributed by atoms with Crippen LogP contribution < -0.4 is 0 Å². The van der Waals surface area contributed by atoms with E-state index in [1.54, 1.807) is 0 Å². The van der Waals surface area contributed by atoms with Gasteiger partial charge >= 0.3 is 5.97 Å². The Hall–Kier alpha value is -1.06. The minimum atomic E-state index is -0.438. The Balaban J connectivity index is 2.07. The zero-order valence-corrected chi connectivity index (χ0v) is 12.6. The Morgan fingerprint density at radius 3 is 2.63 bits per heavy atom. The van der Waals surface area contributed by atoms with E-state index >= 15 is 0 Å². The second kappa shape index (κ2) is 5.14. The molecular formula is C15H20ClNO2. The third-order valence-corrected chi connectivity index (χ3v) is 4.26. The van der Waals surface area contributed by atoms with Crippen LogP contribution in [0.2, 0.25) is 5.02 Å². The lowest BCUT2D eigenvalue weighted by atomic mass is 10.1. The standard InChI is InChI=1S/C15H20ClNO2/c1-10-9-15(10,17(3)4)14(18)19-11(2)12-6-5-7-13(16)8-12/h5-8,10-11H,9H2,1-4H3. The van der Waals surface area contributed by atoms with E-state index in [1.807, 2.05) is 50.2 Å². The first-order chi connectivity index (χ1) is 8.87. The molecule has 0 heterocycles. The quantitative estimate of drug-likeness (QED) is 0.793. The van der Waals surface area contributed by atoms with Crippen molar-refractivity contribution < 1.29 is 9.53 Å². The van der Waals surface area contributed by atoms with Crippen LogP contribution >= 0.6 is 11.6 Å². The van der Waals surface area contributed by atoms with Crippen molar-refractivity contribution in [3.05, 3.63) is 34.9 Å². The molecule has 3 atom stereocenters. The van der Waals surface area contributed by atoms with Crippen LogP contribution in [0.4, 0.5) is 0 Å². The van der Waals surface area contributed by atoms with Gasteiger partial charge in [-0.15, -0.1) is 0 Å². The van der Waals surface area contributed by atoms with Crippen LogP contribution in [0.3, 0.4) is 0 Å². The van der Waals surface area contributed by atoms with E-state index in [2.05, 4.69) is 6.92 Å². The lowest BCUT2D eigenvalue weighted by Crippen LogP contribution is -2.41. The topological polar surface area (TPSA) is 29.5 Å². The number of likely N-dealkylation sites (N-methyl/N-ethyl adjacent to an activating group) is 1. The number of rotatable bonds is 4. The molecule has 0 bridgehead atoms. The first kappa shape index (κ1) is 14.4. The largest absolute Gasteiger partial charge is 0.456 e. The van der Waals surface area contributed by atoms with Gasteiger partial charge in [0, 0.05) is 5.02 Å². The highest BCUT2D eigenvalue weighted by atomic mass is 35.5. The minimum absolute atomic E-state index is 0.141. The number of hydrogen-bond acceptors (Lipinski definition) is 3. The molecule has 4 heteroatoms. The molecule has 0 radical (unpaired) electrons. The highest BCUT2D eigenvalue weighted by Crippen LogP contribution is 2.48. The molecule has 0 spiro atoms. The maximum Gasteiger partial charge on any atom is 0.327 e. The van der Waals surface area contributed by atoms with Gasteiger partial charge in [-0.05, 0) is 51.1 Å². The number of esters is 1. The number of benzene rings is 1. The van der Waals surface area contributed by atoms with Crippen LogP contribution in [-0.2, 0) is 9.53 Å². The maximum atomic E-state index is 12.4. The van der Waals surface area contributed by atoms with Crippen LogP contribution in [0.15, 0.2) is 24.3 Å². The summed E-state index contributed by atoms with van der Waals surface area (Å²) >= 11 is 5.95. The average Bonchev–Trinajstić information content (AvgIpc) is 3.02. The molecule has 1 aliphatic rings. The summed E-state index contributed by atoms with van der Waals surface area (Å²) in [6.07, 6.45) is 0.581. The SMILES string of the molecule is CC(OC(=O)C1(N(C)C)CC1C)c1cccc(Cl)c1. The molecule has 1 aromatic rings. The van der Waals surface area contributed by atoms with Crippen LogP contribution in [0.25, 0.3) is 0 Å². The fraction of sp³-hybridized carbons (Fsp3) is 0.533. The summed E-state index contributed by atoms with van der Waals surface area (Å²) in [4.78, 5) is 14.3. The van der Waals surface area contributed by atoms with Crippen molar-refractivity contribution in [2.24, 2.45) is 5.92 Å². The summed E-state index contributed by atoms with van der Waals surface area (Å²) in [7, 11) is 3.85. The molecule has 3 nitrogen and oxygen atoms in total. The van der Waals surface area contributed by atoms with Crippen molar-refractivity contribution in [3.63, 3.8) is 0 Å². The fourth-order valence-electron chi connectivity index (χ4n) is 2.59. The van der Waals surface area contributed by atoms with Crippen molar-refractivity contribution in [3.8, 4) is 0 Å². The number of carbonyl (C=O) groups is 1. The Morgan fingerprint density at radius 1 is 1.53 bits per heavy atom. The van der Waals surface area contributed by atoms with E-state index in [4.69, 9.17) is 16.3 Å². The predicted octanol–water partition coefficient (Wildman–Crippen LogP) is 3.28. The molecule has 1 fully saturated rings. The normalized spacial score (nSPS) is 27.2. The summed E-state index contributed by atoms with van der Waals surface area (Å²) in [5, 5.41) is 0.655. The highest BCUT2D eigenvalue weighted by Gasteiger charge is 2.60. The molecule has 104 valence electrons. The summed E-state index contributed by atoms with van der Waals surface area (Å²) in [5.74, 6) is 0.207. The highest BCUT2D eigenvalue weighted by molar-refractivity contribution is 6.30. The zero-order valence-electron chi connectivity index (χ0n) is 11.8. The third kappa shape index (κ3) is 2.63. The fourth-order valence-corrected chi connectivity index (χ4v) is 2.79. The van der Waals surface area contributed by atoms with E-state index < -0.39 is 5.54 Å². The summed E-state index contributed by atoms with van der Waals surface area (Å²) in [6, 6.07) is 7.42. The monoisotopic (exact) mass is 281 g/mol. The second-order valence-corrected chi connectivity index (χ2v) is 5.96. The third-order valence-electron chi connectivity index (χ3n) is 4.03. The van der Waals surface area contributed by atoms with Gasteiger partial charge in [0.2, 0.25) is 0 Å². The number of hydrogen-bond donors (Lipinski definition) is 0. The van der Waals surface area contributed by atoms with Gasteiger partial charge in [0.25, 0.3) is 0 Å². The first-order valence-corrected chi connectivity index (χ1v) is 6.89. The van der Waals surface area contributed by atoms with E-state index in [-0.39, 0.29) is 12.1 Å². The Morgan fingerprint density at radius 2 is 2.16 bits per heavy atom. The molecule has 1 saturated carbocycles. The predicted molar refractivity (Wildman–Crippen MR) is 76.2 cm³/mol. The van der Waals surface area contributed by atoms with Crippen molar-refractivity contribution in [1.29, 1.82) is 0 Å². The van der Waals surface area contributed by atoms with Crippen molar-refractivity contribution in [2.45, 2.75) is 31.9 Å². The van der Waals surface area contributed by atoms with Crippen LogP contribution in [0.1, 0.15) is 31.9 Å². The molecule has 3 unspecified atom stereocenters. The van der Waals surface area contributed by atoms with Crippen molar-refractivity contribution in [1.82, 2.24) is 4.90 Å². The Kier molecular flexibility index (Phi) is 3.88. The Labute approximate surface area is 119 Å². The van der Waals surface area contributed by atoms with Gasteiger partial charge in [0.15, 0.2) is 0 Å². The number of ether oxygens (including phenoxy) is 1. The van der Waals surface area contributed by atoms with Gasteiger partial charge in [-0.1, -0.05) is 30.7 Å². The maximum absolute atomic E-state index is 12.4. The van der Waals surface area contributed by atoms with Crippen molar-refractivity contribution in [2.75, 3.05) is 14.1 Å². The van der Waals surface area contributed by atoms with E-state index in [0.717, 1.165) is 12.0 Å². The van der Waals surface area contributed by atoms with Gasteiger partial charge < -0.3 is 4.74 Å². The molecule has 0 N–H and O–H groups in total. The van der Waals surface area contributed by atoms with E-state index in [9.17, 15) is 4.79 Å². The van der Waals surface area contributed by atoms with Gasteiger partial charge in [-0.2, -0.15) is 0 Å². The molecule has 0 saturated heterocycles. The van der Waals surface area contributed by atoms with Gasteiger partial charge in [-0.3, -0.25) is 9.69 Å². The zero-order chi connectivity index (χ0) is 14.2.